The minimum Gasteiger partial charge on any atom is -0.481 e. The monoisotopic (exact) mass is 363 g/mol. The molecular weight excluding hydrogens is 338 g/mol. The Kier molecular flexibility index (Phi) is 3.46. The molecule has 140 valence electrons. The maximum Gasteiger partial charge on any atom is 0.307 e. The normalized spacial score (nSPS) is 29.0. The molecule has 3 aliphatic carbocycles. The Morgan fingerprint density at radius 2 is 2.11 bits per heavy atom. The van der Waals surface area contributed by atoms with Crippen LogP contribution in [0.5, 0.6) is 5.88 Å². The van der Waals surface area contributed by atoms with Gasteiger partial charge >= 0.3 is 5.97 Å². The van der Waals surface area contributed by atoms with Crippen molar-refractivity contribution in [2.75, 3.05) is 0 Å². The third-order valence-corrected chi connectivity index (χ3v) is 6.85. The van der Waals surface area contributed by atoms with Crippen LogP contribution in [0, 0.1) is 11.8 Å². The second-order valence-corrected chi connectivity index (χ2v) is 9.18. The number of aromatic nitrogens is 1. The van der Waals surface area contributed by atoms with Crippen molar-refractivity contribution in [1.82, 2.24) is 4.98 Å². The van der Waals surface area contributed by atoms with Crippen LogP contribution in [0.1, 0.15) is 66.8 Å². The average Bonchev–Trinajstić information content (AvgIpc) is 3.13. The molecule has 1 unspecified atom stereocenters. The summed E-state index contributed by atoms with van der Waals surface area (Å²) in [5.74, 6) is 0.767. The number of hydrogen-bond donors (Lipinski definition) is 1. The molecule has 1 heterocycles. The highest BCUT2D eigenvalue weighted by molar-refractivity contribution is 5.77. The first kappa shape index (κ1) is 16.8. The molecule has 1 aromatic heterocycles. The van der Waals surface area contributed by atoms with Gasteiger partial charge in [0, 0.05) is 18.2 Å². The molecule has 27 heavy (non-hydrogen) atoms. The lowest BCUT2D eigenvalue weighted by atomic mass is 9.86. The highest BCUT2D eigenvalue weighted by Gasteiger charge is 2.59. The zero-order valence-corrected chi connectivity index (χ0v) is 16.0. The van der Waals surface area contributed by atoms with E-state index in [1.165, 1.54) is 28.7 Å². The van der Waals surface area contributed by atoms with Crippen molar-refractivity contribution in [2.45, 2.75) is 57.5 Å². The number of carbonyl (C=O) groups is 1. The molecule has 1 N–H and O–H groups in total. The number of carboxylic acids is 1. The Bertz CT molecular complexity index is 949. The smallest absolute Gasteiger partial charge is 0.307 e. The number of hydrogen-bond acceptors (Lipinski definition) is 3. The number of fused-ring (bicyclic) bond motifs is 4. The van der Waals surface area contributed by atoms with E-state index in [1.807, 2.05) is 12.3 Å². The van der Waals surface area contributed by atoms with Crippen LogP contribution in [0.3, 0.4) is 0 Å². The fourth-order valence-corrected chi connectivity index (χ4v) is 5.55. The van der Waals surface area contributed by atoms with Gasteiger partial charge in [-0.05, 0) is 57.9 Å². The number of ether oxygens (including phenoxy) is 1. The Balaban J connectivity index is 1.30. The van der Waals surface area contributed by atoms with Gasteiger partial charge in [0.25, 0.3) is 0 Å². The van der Waals surface area contributed by atoms with Gasteiger partial charge in [-0.25, -0.2) is 4.98 Å². The Labute approximate surface area is 159 Å². The van der Waals surface area contributed by atoms with Crippen LogP contribution >= 0.6 is 0 Å². The molecule has 0 aliphatic heterocycles. The number of pyridine rings is 1. The van der Waals surface area contributed by atoms with E-state index < -0.39 is 5.97 Å². The minimum atomic E-state index is -0.676. The average molecular weight is 363 g/mol. The summed E-state index contributed by atoms with van der Waals surface area (Å²) in [6.45, 7) is 7.45. The van der Waals surface area contributed by atoms with Crippen LogP contribution in [0.15, 0.2) is 30.5 Å². The van der Waals surface area contributed by atoms with Gasteiger partial charge in [0.15, 0.2) is 0 Å². The number of carboxylic acid groups (broad SMARTS) is 1. The number of rotatable bonds is 4. The van der Waals surface area contributed by atoms with Gasteiger partial charge in [-0.15, -0.1) is 0 Å². The molecule has 1 fully saturated rings. The van der Waals surface area contributed by atoms with E-state index >= 15 is 0 Å². The summed E-state index contributed by atoms with van der Waals surface area (Å²) >= 11 is 0. The van der Waals surface area contributed by atoms with Crippen molar-refractivity contribution in [1.29, 1.82) is 0 Å². The van der Waals surface area contributed by atoms with E-state index in [0.717, 1.165) is 12.0 Å². The largest absolute Gasteiger partial charge is 0.481 e. The number of benzene rings is 1. The molecule has 2 aromatic rings. The lowest BCUT2D eigenvalue weighted by Gasteiger charge is -2.19. The van der Waals surface area contributed by atoms with Gasteiger partial charge in [-0.3, -0.25) is 4.79 Å². The van der Waals surface area contributed by atoms with E-state index in [4.69, 9.17) is 4.74 Å². The van der Waals surface area contributed by atoms with Crippen molar-refractivity contribution in [2.24, 2.45) is 11.8 Å². The standard InChI is InChI=1S/C23H25NO3/c1-12-9-23(2,3)18-5-4-13(6-15(12)18)11-27-19-8-14-7-16-20(17(14)10-24-19)21(16)22(25)26/h4-6,8,10,12,16,20-21H,7,9,11H2,1-3H3,(H,25,26)/t12?,16-,20-,21+/m1/s1. The molecule has 1 saturated carbocycles. The van der Waals surface area contributed by atoms with Gasteiger partial charge < -0.3 is 9.84 Å². The maximum atomic E-state index is 11.2. The molecule has 1 aromatic carbocycles. The van der Waals surface area contributed by atoms with E-state index in [0.29, 0.717) is 18.4 Å². The molecule has 0 radical (unpaired) electrons. The topological polar surface area (TPSA) is 59.4 Å². The first-order chi connectivity index (χ1) is 12.8. The summed E-state index contributed by atoms with van der Waals surface area (Å²) in [6, 6.07) is 8.71. The summed E-state index contributed by atoms with van der Waals surface area (Å²) in [5, 5.41) is 9.22. The lowest BCUT2D eigenvalue weighted by Crippen LogP contribution is -2.12. The zero-order valence-electron chi connectivity index (χ0n) is 16.0. The van der Waals surface area contributed by atoms with Crippen molar-refractivity contribution >= 4 is 5.97 Å². The lowest BCUT2D eigenvalue weighted by molar-refractivity contribution is -0.139. The molecule has 0 amide bonds. The Hall–Kier alpha value is -2.36. The second-order valence-electron chi connectivity index (χ2n) is 9.18. The first-order valence-electron chi connectivity index (χ1n) is 9.83. The van der Waals surface area contributed by atoms with Crippen LogP contribution in [0.4, 0.5) is 0 Å². The van der Waals surface area contributed by atoms with E-state index in [1.54, 1.807) is 0 Å². The first-order valence-corrected chi connectivity index (χ1v) is 9.83. The fraction of sp³-hybridized carbons (Fsp3) is 0.478. The summed E-state index contributed by atoms with van der Waals surface area (Å²) in [7, 11) is 0. The molecule has 5 rings (SSSR count). The second kappa shape index (κ2) is 5.57. The van der Waals surface area contributed by atoms with Gasteiger partial charge in [0.05, 0.1) is 5.92 Å². The Morgan fingerprint density at radius 3 is 2.89 bits per heavy atom. The molecule has 4 nitrogen and oxygen atoms in total. The van der Waals surface area contributed by atoms with Crippen molar-refractivity contribution in [3.05, 3.63) is 58.3 Å². The SMILES string of the molecule is CC1CC(C)(C)c2ccc(COc3cc4c(cn3)[C@H]3[C@@H](C4)[C@@H]3C(=O)O)cc21. The summed E-state index contributed by atoms with van der Waals surface area (Å²) < 4.78 is 5.96. The molecular formula is C23H25NO3. The minimum absolute atomic E-state index is 0.167. The quantitative estimate of drug-likeness (QED) is 0.874. The molecule has 3 aliphatic rings. The van der Waals surface area contributed by atoms with Crippen LogP contribution in [0.25, 0.3) is 0 Å². The maximum absolute atomic E-state index is 11.2. The van der Waals surface area contributed by atoms with Gasteiger partial charge in [-0.2, -0.15) is 0 Å². The fourth-order valence-electron chi connectivity index (χ4n) is 5.55. The predicted octanol–water partition coefficient (Wildman–Crippen LogP) is 4.42. The molecule has 0 spiro atoms. The highest BCUT2D eigenvalue weighted by Crippen LogP contribution is 2.61. The summed E-state index contributed by atoms with van der Waals surface area (Å²) in [6.07, 6.45) is 3.85. The summed E-state index contributed by atoms with van der Waals surface area (Å²) in [4.78, 5) is 15.6. The zero-order chi connectivity index (χ0) is 18.9. The van der Waals surface area contributed by atoms with Crippen LogP contribution in [-0.4, -0.2) is 16.1 Å². The van der Waals surface area contributed by atoms with E-state index in [9.17, 15) is 9.90 Å². The summed E-state index contributed by atoms with van der Waals surface area (Å²) in [5.41, 5.74) is 6.65. The number of aliphatic carboxylic acids is 1. The van der Waals surface area contributed by atoms with Crippen molar-refractivity contribution < 1.29 is 14.6 Å². The van der Waals surface area contributed by atoms with Gasteiger partial charge in [0.2, 0.25) is 5.88 Å². The van der Waals surface area contributed by atoms with Gasteiger partial charge in [-0.1, -0.05) is 39.0 Å². The highest BCUT2D eigenvalue weighted by atomic mass is 16.5. The van der Waals surface area contributed by atoms with Crippen LogP contribution in [0.2, 0.25) is 0 Å². The molecule has 4 heteroatoms. The van der Waals surface area contributed by atoms with Crippen LogP contribution < -0.4 is 4.74 Å². The van der Waals surface area contributed by atoms with E-state index in [2.05, 4.69) is 44.0 Å². The Morgan fingerprint density at radius 1 is 1.30 bits per heavy atom. The van der Waals surface area contributed by atoms with Crippen molar-refractivity contribution in [3.63, 3.8) is 0 Å². The van der Waals surface area contributed by atoms with E-state index in [-0.39, 0.29) is 23.2 Å². The third-order valence-electron chi connectivity index (χ3n) is 6.85. The predicted molar refractivity (Wildman–Crippen MR) is 102 cm³/mol. The molecule has 0 bridgehead atoms. The van der Waals surface area contributed by atoms with Gasteiger partial charge in [0.1, 0.15) is 6.61 Å². The number of nitrogens with zero attached hydrogens (tertiary/aromatic N) is 1. The van der Waals surface area contributed by atoms with Crippen molar-refractivity contribution in [3.8, 4) is 5.88 Å². The molecule has 0 saturated heterocycles. The van der Waals surface area contributed by atoms with Crippen LogP contribution in [-0.2, 0) is 23.2 Å². The molecule has 4 atom stereocenters. The third kappa shape index (κ3) is 2.57.